The van der Waals surface area contributed by atoms with Crippen molar-refractivity contribution in [3.8, 4) is 11.5 Å². The minimum absolute atomic E-state index is 0.245. The molecule has 0 bridgehead atoms. The number of aromatic nitrogens is 4. The van der Waals surface area contributed by atoms with Crippen LogP contribution >= 0.6 is 11.8 Å². The first-order valence-corrected chi connectivity index (χ1v) is 8.87. The number of methoxy groups -OCH3 is 1. The summed E-state index contributed by atoms with van der Waals surface area (Å²) in [7, 11) is 1.28. The van der Waals surface area contributed by atoms with Crippen molar-refractivity contribution in [2.24, 2.45) is 0 Å². The van der Waals surface area contributed by atoms with Gasteiger partial charge in [0, 0.05) is 18.3 Å². The highest BCUT2D eigenvalue weighted by molar-refractivity contribution is 8.00. The maximum atomic E-state index is 14.2. The van der Waals surface area contributed by atoms with Gasteiger partial charge in [-0.25, -0.2) is 4.39 Å². The van der Waals surface area contributed by atoms with E-state index in [4.69, 9.17) is 4.74 Å². The molecule has 6 nitrogen and oxygen atoms in total. The zero-order valence-electron chi connectivity index (χ0n) is 14.3. The van der Waals surface area contributed by atoms with Crippen LogP contribution in [0.2, 0.25) is 0 Å². The number of benzene rings is 1. The van der Waals surface area contributed by atoms with Crippen molar-refractivity contribution < 1.29 is 13.9 Å². The van der Waals surface area contributed by atoms with Gasteiger partial charge in [-0.2, -0.15) is 0 Å². The van der Waals surface area contributed by atoms with E-state index in [1.807, 2.05) is 29.7 Å². The van der Waals surface area contributed by atoms with Crippen molar-refractivity contribution in [3.63, 3.8) is 0 Å². The predicted molar refractivity (Wildman–Crippen MR) is 95.9 cm³/mol. The van der Waals surface area contributed by atoms with Gasteiger partial charge in [0.05, 0.1) is 7.11 Å². The molecule has 0 saturated heterocycles. The summed E-state index contributed by atoms with van der Waals surface area (Å²) in [5.41, 5.74) is 0.920. The van der Waals surface area contributed by atoms with Crippen LogP contribution in [0.15, 0.2) is 53.8 Å². The van der Waals surface area contributed by atoms with Crippen molar-refractivity contribution in [3.05, 3.63) is 60.0 Å². The Morgan fingerprint density at radius 2 is 2.00 bits per heavy atom. The molecule has 0 saturated carbocycles. The highest BCUT2D eigenvalue weighted by Crippen LogP contribution is 2.37. The number of halogens is 1. The molecular weight excluding hydrogens is 355 g/mol. The van der Waals surface area contributed by atoms with E-state index >= 15 is 0 Å². The highest BCUT2D eigenvalue weighted by Gasteiger charge is 2.28. The average molecular weight is 372 g/mol. The molecule has 1 aromatic carbocycles. The van der Waals surface area contributed by atoms with E-state index in [1.54, 1.807) is 24.4 Å². The monoisotopic (exact) mass is 372 g/mol. The summed E-state index contributed by atoms with van der Waals surface area (Å²) in [5.74, 6) is -0.430. The van der Waals surface area contributed by atoms with Gasteiger partial charge < -0.3 is 9.30 Å². The van der Waals surface area contributed by atoms with Crippen LogP contribution in [0, 0.1) is 5.82 Å². The zero-order chi connectivity index (χ0) is 18.5. The molecule has 3 rings (SSSR count). The van der Waals surface area contributed by atoms with Gasteiger partial charge in [-0.3, -0.25) is 9.78 Å². The maximum Gasteiger partial charge on any atom is 0.323 e. The first kappa shape index (κ1) is 18.1. The Balaban J connectivity index is 1.99. The maximum absolute atomic E-state index is 14.2. The summed E-state index contributed by atoms with van der Waals surface area (Å²) >= 11 is 1.10. The molecule has 2 aromatic heterocycles. The Morgan fingerprint density at radius 1 is 1.23 bits per heavy atom. The summed E-state index contributed by atoms with van der Waals surface area (Å²) in [4.78, 5) is 16.6. The lowest BCUT2D eigenvalue weighted by atomic mass is 10.1. The van der Waals surface area contributed by atoms with Crippen molar-refractivity contribution in [2.45, 2.75) is 23.9 Å². The molecule has 0 amide bonds. The number of rotatable bonds is 6. The molecule has 3 aromatic rings. The van der Waals surface area contributed by atoms with Crippen LogP contribution in [0.5, 0.6) is 0 Å². The van der Waals surface area contributed by atoms with E-state index < -0.39 is 17.0 Å². The number of nitrogens with zero attached hydrogens (tertiary/aromatic N) is 4. The first-order valence-electron chi connectivity index (χ1n) is 7.99. The standard InChI is InChI=1S/C18H17FN4O2S/c1-3-23-16(14-10-6-7-11-20-14)21-22-18(23)26-15(17(24)25-2)12-8-4-5-9-13(12)19/h4-11,15H,3H2,1-2H3/t15-/m0/s1. The smallest absolute Gasteiger partial charge is 0.323 e. The van der Waals surface area contributed by atoms with Crippen LogP contribution in [-0.2, 0) is 16.1 Å². The quantitative estimate of drug-likeness (QED) is 0.487. The van der Waals surface area contributed by atoms with Gasteiger partial charge in [0.1, 0.15) is 16.8 Å². The number of carbonyl (C=O) groups excluding carboxylic acids is 1. The second kappa shape index (κ2) is 8.09. The third-order valence-electron chi connectivity index (χ3n) is 3.75. The SMILES string of the molecule is CCn1c(S[C@H](C(=O)OC)c2ccccc2F)nnc1-c1ccccn1. The number of hydrogen-bond donors (Lipinski definition) is 0. The van der Waals surface area contributed by atoms with Crippen molar-refractivity contribution in [1.29, 1.82) is 0 Å². The minimum atomic E-state index is -0.882. The van der Waals surface area contributed by atoms with Crippen molar-refractivity contribution in [1.82, 2.24) is 19.7 Å². The molecule has 0 N–H and O–H groups in total. The van der Waals surface area contributed by atoms with Crippen LogP contribution in [0.1, 0.15) is 17.7 Å². The highest BCUT2D eigenvalue weighted by atomic mass is 32.2. The first-order chi connectivity index (χ1) is 12.7. The molecular formula is C18H17FN4O2S. The van der Waals surface area contributed by atoms with Gasteiger partial charge in [0.15, 0.2) is 11.0 Å². The molecule has 0 fully saturated rings. The lowest BCUT2D eigenvalue weighted by molar-refractivity contribution is -0.140. The normalized spacial score (nSPS) is 12.0. The number of carbonyl (C=O) groups is 1. The zero-order valence-corrected chi connectivity index (χ0v) is 15.1. The van der Waals surface area contributed by atoms with E-state index in [-0.39, 0.29) is 5.56 Å². The fourth-order valence-corrected chi connectivity index (χ4v) is 3.64. The van der Waals surface area contributed by atoms with Gasteiger partial charge >= 0.3 is 5.97 Å². The molecule has 0 radical (unpaired) electrons. The van der Waals surface area contributed by atoms with Crippen molar-refractivity contribution in [2.75, 3.05) is 7.11 Å². The molecule has 0 spiro atoms. The van der Waals surface area contributed by atoms with Crippen LogP contribution < -0.4 is 0 Å². The summed E-state index contributed by atoms with van der Waals surface area (Å²) < 4.78 is 20.9. The number of ether oxygens (including phenoxy) is 1. The number of pyridine rings is 1. The van der Waals surface area contributed by atoms with Gasteiger partial charge in [-0.15, -0.1) is 10.2 Å². The number of hydrogen-bond acceptors (Lipinski definition) is 6. The Bertz CT molecular complexity index is 901. The van der Waals surface area contributed by atoms with Gasteiger partial charge in [-0.05, 0) is 25.1 Å². The summed E-state index contributed by atoms with van der Waals surface area (Å²) in [5, 5.41) is 7.99. The van der Waals surface area contributed by atoms with Crippen LogP contribution in [0.3, 0.4) is 0 Å². The minimum Gasteiger partial charge on any atom is -0.468 e. The predicted octanol–water partition coefficient (Wildman–Crippen LogP) is 3.51. The Morgan fingerprint density at radius 3 is 2.65 bits per heavy atom. The van der Waals surface area contributed by atoms with E-state index in [0.717, 1.165) is 11.8 Å². The molecule has 134 valence electrons. The Hall–Kier alpha value is -2.74. The summed E-state index contributed by atoms with van der Waals surface area (Å²) in [6.07, 6.45) is 1.67. The Labute approximate surface area is 154 Å². The number of thioether (sulfide) groups is 1. The fraction of sp³-hybridized carbons (Fsp3) is 0.222. The third kappa shape index (κ3) is 3.60. The molecule has 0 aliphatic heterocycles. The molecule has 1 atom stereocenters. The van der Waals surface area contributed by atoms with E-state index in [2.05, 4.69) is 15.2 Å². The molecule has 0 aliphatic carbocycles. The largest absolute Gasteiger partial charge is 0.468 e. The second-order valence-electron chi connectivity index (χ2n) is 5.31. The van der Waals surface area contributed by atoms with Crippen LogP contribution in [-0.4, -0.2) is 32.8 Å². The van der Waals surface area contributed by atoms with Crippen LogP contribution in [0.25, 0.3) is 11.5 Å². The molecule has 8 heteroatoms. The van der Waals surface area contributed by atoms with Gasteiger partial charge in [0.2, 0.25) is 0 Å². The summed E-state index contributed by atoms with van der Waals surface area (Å²) in [6.45, 7) is 2.52. The number of esters is 1. The van der Waals surface area contributed by atoms with E-state index in [1.165, 1.54) is 13.2 Å². The fourth-order valence-electron chi connectivity index (χ4n) is 2.48. The molecule has 2 heterocycles. The van der Waals surface area contributed by atoms with E-state index in [9.17, 15) is 9.18 Å². The molecule has 26 heavy (non-hydrogen) atoms. The molecule has 0 aliphatic rings. The van der Waals surface area contributed by atoms with Gasteiger partial charge in [0.25, 0.3) is 0 Å². The lowest BCUT2D eigenvalue weighted by Crippen LogP contribution is -2.14. The van der Waals surface area contributed by atoms with E-state index in [0.29, 0.717) is 23.2 Å². The Kier molecular flexibility index (Phi) is 5.62. The average Bonchev–Trinajstić information content (AvgIpc) is 3.09. The van der Waals surface area contributed by atoms with Crippen molar-refractivity contribution >= 4 is 17.7 Å². The lowest BCUT2D eigenvalue weighted by Gasteiger charge is -2.15. The van der Waals surface area contributed by atoms with Crippen LogP contribution in [0.4, 0.5) is 4.39 Å². The van der Waals surface area contributed by atoms with Gasteiger partial charge in [-0.1, -0.05) is 36.0 Å². The third-order valence-corrected chi connectivity index (χ3v) is 4.95. The second-order valence-corrected chi connectivity index (χ2v) is 6.38. The molecule has 0 unspecified atom stereocenters. The summed E-state index contributed by atoms with van der Waals surface area (Å²) in [6, 6.07) is 11.6. The topological polar surface area (TPSA) is 69.9 Å².